The molecule has 1 saturated heterocycles. The van der Waals surface area contributed by atoms with Crippen molar-refractivity contribution in [2.45, 2.75) is 55.9 Å². The molecule has 0 aromatic carbocycles. The van der Waals surface area contributed by atoms with E-state index in [2.05, 4.69) is 33.6 Å². The lowest BCUT2D eigenvalue weighted by Crippen LogP contribution is -2.23. The van der Waals surface area contributed by atoms with E-state index in [-0.39, 0.29) is 0 Å². The van der Waals surface area contributed by atoms with Crippen molar-refractivity contribution in [2.24, 2.45) is 0 Å². The van der Waals surface area contributed by atoms with Crippen LogP contribution in [-0.4, -0.2) is 27.6 Å². The monoisotopic (exact) mass is 265 g/mol. The van der Waals surface area contributed by atoms with Crippen LogP contribution >= 0.6 is 11.8 Å². The fourth-order valence-corrected chi connectivity index (χ4v) is 4.13. The predicted octanol–water partition coefficient (Wildman–Crippen LogP) is 3.15. The van der Waals surface area contributed by atoms with Crippen molar-refractivity contribution < 1.29 is 0 Å². The number of hydrogen-bond donors (Lipinski definition) is 1. The zero-order valence-corrected chi connectivity index (χ0v) is 12.0. The molecule has 0 spiro atoms. The average molecular weight is 265 g/mol. The normalized spacial score (nSPS) is 32.8. The van der Waals surface area contributed by atoms with Gasteiger partial charge in [0.2, 0.25) is 0 Å². The van der Waals surface area contributed by atoms with Crippen molar-refractivity contribution in [1.82, 2.24) is 14.9 Å². The standard InChI is InChI=1S/C14H23N3S/c1-18-12-6-4-11(5-7-12)17-10-15-9-14(17)13-3-2-8-16-13/h9-13,16H,2-8H2,1H3. The van der Waals surface area contributed by atoms with E-state index in [1.54, 1.807) is 0 Å². The second-order valence-corrected chi connectivity index (χ2v) is 6.68. The smallest absolute Gasteiger partial charge is 0.0951 e. The van der Waals surface area contributed by atoms with Gasteiger partial charge in [-0.25, -0.2) is 4.98 Å². The molecule has 1 atom stereocenters. The fourth-order valence-electron chi connectivity index (χ4n) is 3.39. The maximum Gasteiger partial charge on any atom is 0.0951 e. The maximum atomic E-state index is 4.40. The van der Waals surface area contributed by atoms with E-state index < -0.39 is 0 Å². The predicted molar refractivity (Wildman–Crippen MR) is 77.0 cm³/mol. The first-order chi connectivity index (χ1) is 8.88. The van der Waals surface area contributed by atoms with Crippen molar-refractivity contribution >= 4 is 11.8 Å². The largest absolute Gasteiger partial charge is 0.330 e. The van der Waals surface area contributed by atoms with Gasteiger partial charge in [-0.05, 0) is 51.3 Å². The van der Waals surface area contributed by atoms with E-state index in [4.69, 9.17) is 0 Å². The first kappa shape index (κ1) is 12.5. The minimum atomic E-state index is 0.547. The lowest BCUT2D eigenvalue weighted by atomic mass is 9.94. The van der Waals surface area contributed by atoms with Crippen molar-refractivity contribution in [2.75, 3.05) is 12.8 Å². The summed E-state index contributed by atoms with van der Waals surface area (Å²) in [5.41, 5.74) is 1.42. The van der Waals surface area contributed by atoms with Crippen LogP contribution in [0, 0.1) is 0 Å². The Bertz CT molecular complexity index is 376. The first-order valence-corrected chi connectivity index (χ1v) is 8.45. The van der Waals surface area contributed by atoms with Crippen molar-refractivity contribution in [1.29, 1.82) is 0 Å². The molecule has 2 aliphatic rings. The number of hydrogen-bond acceptors (Lipinski definition) is 3. The van der Waals surface area contributed by atoms with Crippen LogP contribution in [0.15, 0.2) is 12.5 Å². The fraction of sp³-hybridized carbons (Fsp3) is 0.786. The molecule has 0 bridgehead atoms. The minimum absolute atomic E-state index is 0.547. The molecule has 1 aromatic heterocycles. The molecular formula is C14H23N3S. The molecule has 2 fully saturated rings. The van der Waals surface area contributed by atoms with Gasteiger partial charge in [0.15, 0.2) is 0 Å². The third-order valence-corrected chi connectivity index (χ3v) is 5.62. The molecule has 1 aliphatic heterocycles. The molecule has 18 heavy (non-hydrogen) atoms. The summed E-state index contributed by atoms with van der Waals surface area (Å²) in [6, 6.07) is 1.24. The maximum absolute atomic E-state index is 4.40. The number of aromatic nitrogens is 2. The van der Waals surface area contributed by atoms with Gasteiger partial charge >= 0.3 is 0 Å². The number of nitrogens with zero attached hydrogens (tertiary/aromatic N) is 2. The van der Waals surface area contributed by atoms with Crippen molar-refractivity contribution in [3.05, 3.63) is 18.2 Å². The third kappa shape index (κ3) is 2.45. The van der Waals surface area contributed by atoms with Gasteiger partial charge in [-0.15, -0.1) is 0 Å². The van der Waals surface area contributed by atoms with Gasteiger partial charge in [-0.1, -0.05) is 0 Å². The van der Waals surface area contributed by atoms with Gasteiger partial charge in [0.25, 0.3) is 0 Å². The van der Waals surface area contributed by atoms with Crippen molar-refractivity contribution in [3.63, 3.8) is 0 Å². The third-order valence-electron chi connectivity index (χ3n) is 4.48. The Morgan fingerprint density at radius 2 is 2.11 bits per heavy atom. The van der Waals surface area contributed by atoms with E-state index >= 15 is 0 Å². The second-order valence-electron chi connectivity index (χ2n) is 5.54. The number of rotatable bonds is 3. The zero-order valence-electron chi connectivity index (χ0n) is 11.1. The lowest BCUT2D eigenvalue weighted by Gasteiger charge is -2.30. The quantitative estimate of drug-likeness (QED) is 0.910. The molecule has 4 heteroatoms. The van der Waals surface area contributed by atoms with Crippen LogP contribution in [0.5, 0.6) is 0 Å². The molecule has 1 aliphatic carbocycles. The molecular weight excluding hydrogens is 242 g/mol. The van der Waals surface area contributed by atoms with Gasteiger partial charge in [0.1, 0.15) is 0 Å². The van der Waals surface area contributed by atoms with Crippen LogP contribution in [-0.2, 0) is 0 Å². The summed E-state index contributed by atoms with van der Waals surface area (Å²) >= 11 is 2.04. The van der Waals surface area contributed by atoms with Crippen LogP contribution in [0.1, 0.15) is 56.3 Å². The Labute approximate surface area is 114 Å². The van der Waals surface area contributed by atoms with Gasteiger partial charge in [0.05, 0.1) is 12.0 Å². The second kappa shape index (κ2) is 5.66. The summed E-state index contributed by atoms with van der Waals surface area (Å²) in [6.45, 7) is 1.16. The summed E-state index contributed by atoms with van der Waals surface area (Å²) in [7, 11) is 0. The lowest BCUT2D eigenvalue weighted by molar-refractivity contribution is 0.346. The highest BCUT2D eigenvalue weighted by atomic mass is 32.2. The van der Waals surface area contributed by atoms with Crippen molar-refractivity contribution in [3.8, 4) is 0 Å². The Kier molecular flexibility index (Phi) is 3.94. The Hall–Kier alpha value is -0.480. The molecule has 3 rings (SSSR count). The van der Waals surface area contributed by atoms with Crippen LogP contribution in [0.3, 0.4) is 0 Å². The topological polar surface area (TPSA) is 29.9 Å². The average Bonchev–Trinajstić information content (AvgIpc) is 3.09. The summed E-state index contributed by atoms with van der Waals surface area (Å²) in [5, 5.41) is 4.48. The van der Waals surface area contributed by atoms with E-state index in [0.717, 1.165) is 11.8 Å². The molecule has 1 unspecified atom stereocenters. The summed E-state index contributed by atoms with van der Waals surface area (Å²) in [6.07, 6.45) is 14.3. The number of nitrogens with one attached hydrogen (secondary N) is 1. The first-order valence-electron chi connectivity index (χ1n) is 7.16. The van der Waals surface area contributed by atoms with Gasteiger partial charge in [-0.3, -0.25) is 0 Å². The highest BCUT2D eigenvalue weighted by Crippen LogP contribution is 2.35. The molecule has 2 heterocycles. The summed E-state index contributed by atoms with van der Waals surface area (Å²) in [4.78, 5) is 4.40. The van der Waals surface area contributed by atoms with Gasteiger partial charge < -0.3 is 9.88 Å². The van der Waals surface area contributed by atoms with Gasteiger partial charge in [0, 0.05) is 23.5 Å². The van der Waals surface area contributed by atoms with Crippen LogP contribution < -0.4 is 5.32 Å². The van der Waals surface area contributed by atoms with Crippen LogP contribution in [0.4, 0.5) is 0 Å². The molecule has 0 radical (unpaired) electrons. The van der Waals surface area contributed by atoms with Crippen LogP contribution in [0.25, 0.3) is 0 Å². The molecule has 1 saturated carbocycles. The van der Waals surface area contributed by atoms with E-state index in [0.29, 0.717) is 12.1 Å². The Balaban J connectivity index is 1.71. The summed E-state index contributed by atoms with van der Waals surface area (Å²) < 4.78 is 2.46. The summed E-state index contributed by atoms with van der Waals surface area (Å²) in [5.74, 6) is 0. The van der Waals surface area contributed by atoms with Crippen LogP contribution in [0.2, 0.25) is 0 Å². The molecule has 3 nitrogen and oxygen atoms in total. The Morgan fingerprint density at radius 3 is 2.78 bits per heavy atom. The van der Waals surface area contributed by atoms with Gasteiger partial charge in [-0.2, -0.15) is 11.8 Å². The number of thioether (sulfide) groups is 1. The van der Waals surface area contributed by atoms with E-state index in [9.17, 15) is 0 Å². The highest BCUT2D eigenvalue weighted by Gasteiger charge is 2.26. The Morgan fingerprint density at radius 1 is 1.28 bits per heavy atom. The highest BCUT2D eigenvalue weighted by molar-refractivity contribution is 7.99. The molecule has 100 valence electrons. The van der Waals surface area contributed by atoms with E-state index in [1.807, 2.05) is 11.8 Å². The molecule has 1 N–H and O–H groups in total. The number of imidazole rings is 1. The zero-order chi connectivity index (χ0) is 12.4. The SMILES string of the molecule is CSC1CCC(n2cncc2C2CCCN2)CC1. The minimum Gasteiger partial charge on any atom is -0.330 e. The molecule has 1 aromatic rings. The molecule has 0 amide bonds. The van der Waals surface area contributed by atoms with E-state index in [1.165, 1.54) is 44.2 Å².